The monoisotopic (exact) mass is 431 g/mol. The summed E-state index contributed by atoms with van der Waals surface area (Å²) in [5, 5.41) is 3.26. The number of fused-ring (bicyclic) bond motifs is 1. The Hall–Kier alpha value is -2.97. The number of imidazole rings is 1. The van der Waals surface area contributed by atoms with E-state index >= 15 is 0 Å². The molecule has 3 aromatic rings. The predicted octanol–water partition coefficient (Wildman–Crippen LogP) is 4.09. The Morgan fingerprint density at radius 3 is 2.63 bits per heavy atom. The van der Waals surface area contributed by atoms with Gasteiger partial charge in [0.25, 0.3) is 0 Å². The van der Waals surface area contributed by atoms with Crippen LogP contribution >= 0.6 is 11.6 Å². The van der Waals surface area contributed by atoms with Crippen LogP contribution in [0.25, 0.3) is 11.3 Å². The molecule has 1 amide bonds. The van der Waals surface area contributed by atoms with Crippen molar-refractivity contribution in [3.63, 3.8) is 0 Å². The minimum Gasteiger partial charge on any atom is -0.340 e. The Morgan fingerprint density at radius 1 is 1.23 bits per heavy atom. The molecule has 156 valence electrons. The van der Waals surface area contributed by atoms with Crippen molar-refractivity contribution in [2.24, 2.45) is 5.73 Å². The second-order valence-electron chi connectivity index (χ2n) is 7.05. The van der Waals surface area contributed by atoms with Crippen LogP contribution in [0.5, 0.6) is 0 Å². The van der Waals surface area contributed by atoms with Crippen molar-refractivity contribution < 1.29 is 13.6 Å². The Kier molecular flexibility index (Phi) is 5.44. The van der Waals surface area contributed by atoms with Crippen molar-refractivity contribution in [2.45, 2.75) is 19.5 Å². The number of aromatic nitrogens is 2. The maximum absolute atomic E-state index is 13.6. The van der Waals surface area contributed by atoms with Gasteiger partial charge in [-0.15, -0.1) is 0 Å². The number of anilines is 2. The number of halogens is 3. The molecule has 1 aliphatic heterocycles. The first-order valence-corrected chi connectivity index (χ1v) is 9.84. The highest BCUT2D eigenvalue weighted by Crippen LogP contribution is 2.37. The van der Waals surface area contributed by atoms with Gasteiger partial charge >= 0.3 is 0 Å². The van der Waals surface area contributed by atoms with E-state index in [1.165, 1.54) is 24.3 Å². The van der Waals surface area contributed by atoms with Gasteiger partial charge < -0.3 is 20.5 Å². The van der Waals surface area contributed by atoms with Gasteiger partial charge in [0.05, 0.1) is 17.6 Å². The van der Waals surface area contributed by atoms with Gasteiger partial charge in [0.2, 0.25) is 5.91 Å². The molecule has 0 fully saturated rings. The first kappa shape index (κ1) is 20.3. The van der Waals surface area contributed by atoms with Crippen molar-refractivity contribution in [1.29, 1.82) is 0 Å². The molecule has 0 saturated heterocycles. The number of nitrogens with one attached hydrogen (secondary N) is 1. The highest BCUT2D eigenvalue weighted by Gasteiger charge is 2.32. The molecule has 0 radical (unpaired) electrons. The van der Waals surface area contributed by atoms with Crippen molar-refractivity contribution in [3.05, 3.63) is 64.9 Å². The summed E-state index contributed by atoms with van der Waals surface area (Å²) in [6.07, 6.45) is 0. The van der Waals surface area contributed by atoms with Gasteiger partial charge in [0.1, 0.15) is 29.0 Å². The van der Waals surface area contributed by atoms with Crippen LogP contribution in [0, 0.1) is 11.6 Å². The van der Waals surface area contributed by atoms with Crippen LogP contribution < -0.4 is 11.1 Å². The number of benzene rings is 2. The molecular formula is C21H20ClF2N5O. The molecule has 1 atom stereocenters. The molecule has 9 heteroatoms. The summed E-state index contributed by atoms with van der Waals surface area (Å²) in [6, 6.07) is 10.1. The van der Waals surface area contributed by atoms with E-state index in [0.717, 1.165) is 0 Å². The normalized spacial score (nSPS) is 15.8. The zero-order chi connectivity index (χ0) is 21.4. The molecule has 2 heterocycles. The largest absolute Gasteiger partial charge is 0.340 e. The number of carbonyl (C=O) groups is 1. The van der Waals surface area contributed by atoms with Crippen LogP contribution in [0.3, 0.4) is 0 Å². The summed E-state index contributed by atoms with van der Waals surface area (Å²) in [6.45, 7) is 2.78. The third-order valence-electron chi connectivity index (χ3n) is 5.20. The fourth-order valence-electron chi connectivity index (χ4n) is 3.66. The minimum atomic E-state index is -0.513. The van der Waals surface area contributed by atoms with Crippen molar-refractivity contribution in [2.75, 3.05) is 18.4 Å². The van der Waals surface area contributed by atoms with E-state index < -0.39 is 5.82 Å². The summed E-state index contributed by atoms with van der Waals surface area (Å²) in [7, 11) is 0. The third kappa shape index (κ3) is 3.64. The van der Waals surface area contributed by atoms with Gasteiger partial charge in [-0.2, -0.15) is 0 Å². The molecule has 0 bridgehead atoms. The zero-order valence-electron chi connectivity index (χ0n) is 16.2. The molecule has 4 rings (SSSR count). The first-order valence-electron chi connectivity index (χ1n) is 9.47. The Labute approximate surface area is 177 Å². The average Bonchev–Trinajstić information content (AvgIpc) is 3.10. The van der Waals surface area contributed by atoms with E-state index in [4.69, 9.17) is 22.3 Å². The lowest BCUT2D eigenvalue weighted by Gasteiger charge is -2.34. The van der Waals surface area contributed by atoms with Crippen molar-refractivity contribution in [1.82, 2.24) is 14.5 Å². The summed E-state index contributed by atoms with van der Waals surface area (Å²) >= 11 is 5.93. The molecular weight excluding hydrogens is 412 g/mol. The van der Waals surface area contributed by atoms with Gasteiger partial charge in [-0.25, -0.2) is 13.8 Å². The number of nitrogens with two attached hydrogens (primary N) is 1. The highest BCUT2D eigenvalue weighted by molar-refractivity contribution is 6.31. The van der Waals surface area contributed by atoms with Gasteiger partial charge in [-0.05, 0) is 49.4 Å². The van der Waals surface area contributed by atoms with E-state index in [1.807, 2.05) is 11.5 Å². The molecule has 1 aliphatic rings. The summed E-state index contributed by atoms with van der Waals surface area (Å²) in [5.74, 6) is 0.320. The second-order valence-corrected chi connectivity index (χ2v) is 7.45. The standard InChI is InChI=1S/C21H20ClF2N5O/c1-12-20-27-19(13-2-4-14(23)5-3-13)21(26-15-6-7-17(24)16(22)10-15)29(20)9-8-28(12)18(30)11-25/h2-7,10,12,26H,8-9,11,25H2,1H3/t12-/m1/s1. The SMILES string of the molecule is C[C@@H]1c2nc(-c3ccc(F)cc3)c(Nc3ccc(F)c(Cl)c3)n2CCN1C(=O)CN. The minimum absolute atomic E-state index is 0.00481. The topological polar surface area (TPSA) is 76.2 Å². The molecule has 2 aromatic carbocycles. The lowest BCUT2D eigenvalue weighted by Crippen LogP contribution is -2.44. The Morgan fingerprint density at radius 2 is 1.97 bits per heavy atom. The van der Waals surface area contributed by atoms with E-state index in [9.17, 15) is 13.6 Å². The quantitative estimate of drug-likeness (QED) is 0.652. The van der Waals surface area contributed by atoms with Crippen LogP contribution in [0.4, 0.5) is 20.3 Å². The van der Waals surface area contributed by atoms with Crippen molar-refractivity contribution in [3.8, 4) is 11.3 Å². The van der Waals surface area contributed by atoms with Gasteiger partial charge in [0, 0.05) is 24.3 Å². The first-order chi connectivity index (χ1) is 14.4. The molecule has 0 saturated carbocycles. The van der Waals surface area contributed by atoms with E-state index in [-0.39, 0.29) is 29.3 Å². The second kappa shape index (κ2) is 8.04. The summed E-state index contributed by atoms with van der Waals surface area (Å²) in [5.41, 5.74) is 7.43. The molecule has 0 spiro atoms. The Bertz CT molecular complexity index is 1100. The molecule has 0 aliphatic carbocycles. The number of amides is 1. The van der Waals surface area contributed by atoms with Gasteiger partial charge in [0.15, 0.2) is 0 Å². The van der Waals surface area contributed by atoms with Crippen LogP contribution in [0.1, 0.15) is 18.8 Å². The van der Waals surface area contributed by atoms with Crippen LogP contribution in [0.2, 0.25) is 5.02 Å². The fourth-order valence-corrected chi connectivity index (χ4v) is 3.84. The number of hydrogen-bond donors (Lipinski definition) is 2. The van der Waals surface area contributed by atoms with Gasteiger partial charge in [-0.1, -0.05) is 11.6 Å². The smallest absolute Gasteiger partial charge is 0.236 e. The number of rotatable bonds is 4. The molecule has 30 heavy (non-hydrogen) atoms. The highest BCUT2D eigenvalue weighted by atomic mass is 35.5. The fraction of sp³-hybridized carbons (Fsp3) is 0.238. The van der Waals surface area contributed by atoms with Crippen molar-refractivity contribution >= 4 is 29.0 Å². The predicted molar refractivity (Wildman–Crippen MR) is 111 cm³/mol. The molecule has 1 aromatic heterocycles. The van der Waals surface area contributed by atoms with Crippen LogP contribution in [-0.4, -0.2) is 33.4 Å². The third-order valence-corrected chi connectivity index (χ3v) is 5.49. The number of nitrogens with zero attached hydrogens (tertiary/aromatic N) is 3. The van der Waals surface area contributed by atoms with Crippen LogP contribution in [-0.2, 0) is 11.3 Å². The zero-order valence-corrected chi connectivity index (χ0v) is 17.0. The number of hydrogen-bond acceptors (Lipinski definition) is 4. The maximum atomic E-state index is 13.6. The number of carbonyl (C=O) groups excluding carboxylic acids is 1. The summed E-state index contributed by atoms with van der Waals surface area (Å²) < 4.78 is 29.0. The molecule has 6 nitrogen and oxygen atoms in total. The average molecular weight is 432 g/mol. The lowest BCUT2D eigenvalue weighted by atomic mass is 10.1. The lowest BCUT2D eigenvalue weighted by molar-refractivity contribution is -0.132. The summed E-state index contributed by atoms with van der Waals surface area (Å²) in [4.78, 5) is 18.7. The Balaban J connectivity index is 1.81. The molecule has 0 unspecified atom stereocenters. The maximum Gasteiger partial charge on any atom is 0.236 e. The van der Waals surface area contributed by atoms with Gasteiger partial charge in [-0.3, -0.25) is 4.79 Å². The van der Waals surface area contributed by atoms with Crippen LogP contribution in [0.15, 0.2) is 42.5 Å². The van der Waals surface area contributed by atoms with E-state index in [0.29, 0.717) is 41.7 Å². The van der Waals surface area contributed by atoms with E-state index in [2.05, 4.69) is 5.32 Å². The van der Waals surface area contributed by atoms with E-state index in [1.54, 1.807) is 23.1 Å². The molecule has 3 N–H and O–H groups in total.